The average molecular weight is 315 g/mol. The fourth-order valence-corrected chi connectivity index (χ4v) is 4.97. The van der Waals surface area contributed by atoms with Crippen LogP contribution in [0.1, 0.15) is 60.8 Å². The molecule has 3 atom stereocenters. The van der Waals surface area contributed by atoms with E-state index in [1.54, 1.807) is 0 Å². The van der Waals surface area contributed by atoms with E-state index < -0.39 is 0 Å². The van der Waals surface area contributed by atoms with E-state index in [2.05, 4.69) is 63.5 Å². The Bertz CT molecular complexity index is 271. The van der Waals surface area contributed by atoms with Crippen molar-refractivity contribution in [3.63, 3.8) is 0 Å². The monoisotopic (exact) mass is 314 g/mol. The van der Waals surface area contributed by atoms with Gasteiger partial charge in [-0.15, -0.1) is 0 Å². The van der Waals surface area contributed by atoms with Crippen molar-refractivity contribution < 1.29 is 0 Å². The van der Waals surface area contributed by atoms with Crippen LogP contribution in [-0.2, 0) is 0 Å². The summed E-state index contributed by atoms with van der Waals surface area (Å²) in [6.45, 7) is 18.8. The summed E-state index contributed by atoms with van der Waals surface area (Å²) in [5.41, 5.74) is 0.467. The third-order valence-electron chi connectivity index (χ3n) is 5.12. The lowest BCUT2D eigenvalue weighted by atomic mass is 9.71. The first-order chi connectivity index (χ1) is 9.92. The molecule has 2 nitrogen and oxygen atoms in total. The molecule has 1 saturated carbocycles. The van der Waals surface area contributed by atoms with Crippen molar-refractivity contribution in [3.05, 3.63) is 0 Å². The van der Waals surface area contributed by atoms with Gasteiger partial charge in [0.2, 0.25) is 0 Å². The summed E-state index contributed by atoms with van der Waals surface area (Å²) in [6, 6.07) is 0.732. The molecule has 0 radical (unpaired) electrons. The standard InChI is InChI=1S/C18H38N2S/c1-7-19-16-11-10-15(18(4,5)6)14-17(16)21-13-12-20(8-2)9-3/h15-17,19H,7-14H2,1-6H3. The molecule has 1 fully saturated rings. The van der Waals surface area contributed by atoms with E-state index in [-0.39, 0.29) is 0 Å². The van der Waals surface area contributed by atoms with Crippen LogP contribution in [-0.4, -0.2) is 48.1 Å². The molecule has 3 heteroatoms. The summed E-state index contributed by atoms with van der Waals surface area (Å²) in [4.78, 5) is 2.54. The molecule has 0 aromatic heterocycles. The number of rotatable bonds is 8. The minimum Gasteiger partial charge on any atom is -0.313 e. The molecular weight excluding hydrogens is 276 g/mol. The van der Waals surface area contributed by atoms with Crippen molar-refractivity contribution in [3.8, 4) is 0 Å². The molecule has 0 spiro atoms. The fourth-order valence-electron chi connectivity index (χ4n) is 3.47. The molecule has 0 aliphatic heterocycles. The minimum atomic E-state index is 0.467. The van der Waals surface area contributed by atoms with Gasteiger partial charge in [-0.25, -0.2) is 0 Å². The first kappa shape index (κ1) is 19.3. The normalized spacial score (nSPS) is 27.3. The molecule has 0 heterocycles. The highest BCUT2D eigenvalue weighted by atomic mass is 32.2. The second-order valence-electron chi connectivity index (χ2n) is 7.48. The Balaban J connectivity index is 2.51. The van der Waals surface area contributed by atoms with Crippen molar-refractivity contribution in [2.75, 3.05) is 31.9 Å². The SMILES string of the molecule is CCNC1CCC(C(C)(C)C)CC1SCCN(CC)CC. The zero-order valence-electron chi connectivity index (χ0n) is 15.2. The maximum Gasteiger partial charge on any atom is 0.0204 e. The highest BCUT2D eigenvalue weighted by Crippen LogP contribution is 2.41. The quantitative estimate of drug-likeness (QED) is 0.721. The lowest BCUT2D eigenvalue weighted by Crippen LogP contribution is -2.45. The average Bonchev–Trinajstić information content (AvgIpc) is 2.44. The highest BCUT2D eigenvalue weighted by molar-refractivity contribution is 8.00. The van der Waals surface area contributed by atoms with Gasteiger partial charge in [-0.05, 0) is 50.2 Å². The zero-order chi connectivity index (χ0) is 15.9. The zero-order valence-corrected chi connectivity index (χ0v) is 16.1. The van der Waals surface area contributed by atoms with Gasteiger partial charge in [0.1, 0.15) is 0 Å². The van der Waals surface area contributed by atoms with Crippen LogP contribution in [0, 0.1) is 11.3 Å². The van der Waals surface area contributed by atoms with Gasteiger partial charge in [-0.2, -0.15) is 11.8 Å². The molecule has 3 unspecified atom stereocenters. The van der Waals surface area contributed by atoms with Crippen LogP contribution in [0.25, 0.3) is 0 Å². The molecule has 0 aromatic carbocycles. The number of hydrogen-bond acceptors (Lipinski definition) is 3. The Hall–Kier alpha value is 0.270. The molecular formula is C18H38N2S. The van der Waals surface area contributed by atoms with E-state index in [4.69, 9.17) is 0 Å². The second kappa shape index (κ2) is 9.42. The van der Waals surface area contributed by atoms with Crippen molar-refractivity contribution in [2.45, 2.75) is 72.1 Å². The molecule has 1 aliphatic rings. The Morgan fingerprint density at radius 3 is 2.29 bits per heavy atom. The number of thioether (sulfide) groups is 1. The van der Waals surface area contributed by atoms with Gasteiger partial charge in [0.15, 0.2) is 0 Å². The van der Waals surface area contributed by atoms with Crippen LogP contribution >= 0.6 is 11.8 Å². The smallest absolute Gasteiger partial charge is 0.0204 e. The van der Waals surface area contributed by atoms with E-state index >= 15 is 0 Å². The second-order valence-corrected chi connectivity index (χ2v) is 8.82. The summed E-state index contributed by atoms with van der Waals surface area (Å²) in [7, 11) is 0. The van der Waals surface area contributed by atoms with E-state index in [9.17, 15) is 0 Å². The van der Waals surface area contributed by atoms with Gasteiger partial charge >= 0.3 is 0 Å². The van der Waals surface area contributed by atoms with Crippen LogP contribution in [0.2, 0.25) is 0 Å². The number of hydrogen-bond donors (Lipinski definition) is 1. The number of nitrogens with one attached hydrogen (secondary N) is 1. The molecule has 1 aliphatic carbocycles. The van der Waals surface area contributed by atoms with Crippen molar-refractivity contribution in [1.29, 1.82) is 0 Å². The first-order valence-electron chi connectivity index (χ1n) is 8.99. The highest BCUT2D eigenvalue weighted by Gasteiger charge is 2.35. The Morgan fingerprint density at radius 1 is 1.10 bits per heavy atom. The van der Waals surface area contributed by atoms with Crippen LogP contribution in [0.4, 0.5) is 0 Å². The van der Waals surface area contributed by atoms with E-state index in [1.807, 2.05) is 0 Å². The summed E-state index contributed by atoms with van der Waals surface area (Å²) in [6.07, 6.45) is 4.15. The summed E-state index contributed by atoms with van der Waals surface area (Å²) in [5.74, 6) is 2.17. The van der Waals surface area contributed by atoms with Crippen molar-refractivity contribution in [1.82, 2.24) is 10.2 Å². The summed E-state index contributed by atoms with van der Waals surface area (Å²) >= 11 is 2.22. The molecule has 126 valence electrons. The van der Waals surface area contributed by atoms with Crippen molar-refractivity contribution >= 4 is 11.8 Å². The summed E-state index contributed by atoms with van der Waals surface area (Å²) in [5, 5.41) is 4.54. The van der Waals surface area contributed by atoms with Gasteiger partial charge in [0, 0.05) is 23.6 Å². The molecule has 0 aromatic rings. The van der Waals surface area contributed by atoms with Crippen LogP contribution in [0.3, 0.4) is 0 Å². The van der Waals surface area contributed by atoms with E-state index in [1.165, 1.54) is 44.6 Å². The van der Waals surface area contributed by atoms with Gasteiger partial charge in [0.25, 0.3) is 0 Å². The molecule has 0 bridgehead atoms. The minimum absolute atomic E-state index is 0.467. The molecule has 0 amide bonds. The fraction of sp³-hybridized carbons (Fsp3) is 1.00. The van der Waals surface area contributed by atoms with Crippen LogP contribution < -0.4 is 5.32 Å². The van der Waals surface area contributed by atoms with Crippen LogP contribution in [0.15, 0.2) is 0 Å². The molecule has 1 N–H and O–H groups in total. The molecule has 0 saturated heterocycles. The molecule has 21 heavy (non-hydrogen) atoms. The van der Waals surface area contributed by atoms with Gasteiger partial charge in [0.05, 0.1) is 0 Å². The van der Waals surface area contributed by atoms with E-state index in [0.717, 1.165) is 23.8 Å². The summed E-state index contributed by atoms with van der Waals surface area (Å²) < 4.78 is 0. The molecule has 1 rings (SSSR count). The first-order valence-corrected chi connectivity index (χ1v) is 10.0. The largest absolute Gasteiger partial charge is 0.313 e. The van der Waals surface area contributed by atoms with Gasteiger partial charge < -0.3 is 10.2 Å². The third kappa shape index (κ3) is 6.50. The third-order valence-corrected chi connectivity index (χ3v) is 6.48. The predicted octanol–water partition coefficient (Wildman–Crippen LogP) is 4.25. The number of nitrogens with zero attached hydrogens (tertiary/aromatic N) is 1. The van der Waals surface area contributed by atoms with Gasteiger partial charge in [-0.3, -0.25) is 0 Å². The lowest BCUT2D eigenvalue weighted by Gasteiger charge is -2.42. The lowest BCUT2D eigenvalue weighted by molar-refractivity contribution is 0.165. The van der Waals surface area contributed by atoms with Crippen LogP contribution in [0.5, 0.6) is 0 Å². The predicted molar refractivity (Wildman–Crippen MR) is 98.3 cm³/mol. The van der Waals surface area contributed by atoms with Crippen molar-refractivity contribution in [2.24, 2.45) is 11.3 Å². The maximum absolute atomic E-state index is 3.74. The van der Waals surface area contributed by atoms with Gasteiger partial charge in [-0.1, -0.05) is 41.5 Å². The maximum atomic E-state index is 3.74. The Morgan fingerprint density at radius 2 is 1.76 bits per heavy atom. The topological polar surface area (TPSA) is 15.3 Å². The van der Waals surface area contributed by atoms with E-state index in [0.29, 0.717) is 5.41 Å². The Labute approximate surface area is 137 Å². The Kier molecular flexibility index (Phi) is 8.66.